The SMILES string of the molecule is c1ccc2c3c(ccc2c1)C1(c2cc(-c4c5ccccc5c(-c5cccc6c5oc5ccccc56)c5ccccc45)ccc2-3)C2CC3CC(C2)CC1C3. The second-order valence-corrected chi connectivity index (χ2v) is 16.8. The fourth-order valence-corrected chi connectivity index (χ4v) is 12.8. The topological polar surface area (TPSA) is 13.1 Å². The molecular weight excluding hydrogens is 641 g/mol. The van der Waals surface area contributed by atoms with Gasteiger partial charge in [0.2, 0.25) is 0 Å². The van der Waals surface area contributed by atoms with Crippen molar-refractivity contribution in [3.63, 3.8) is 0 Å². The minimum Gasteiger partial charge on any atom is -0.455 e. The van der Waals surface area contributed by atoms with E-state index in [0.29, 0.717) is 0 Å². The van der Waals surface area contributed by atoms with Crippen LogP contribution in [-0.2, 0) is 5.41 Å². The maximum atomic E-state index is 6.67. The summed E-state index contributed by atoms with van der Waals surface area (Å²) >= 11 is 0. The maximum absolute atomic E-state index is 6.67. The maximum Gasteiger partial charge on any atom is 0.143 e. The predicted octanol–water partition coefficient (Wildman–Crippen LogP) is 14.1. The number of benzene rings is 8. The molecule has 14 rings (SSSR count). The van der Waals surface area contributed by atoms with E-state index >= 15 is 0 Å². The molecule has 5 aliphatic rings. The Hall–Kier alpha value is -5.66. The van der Waals surface area contributed by atoms with E-state index in [-0.39, 0.29) is 5.41 Å². The standard InChI is InChI=1S/C52H38O/c1-2-11-36-32(10-1)21-23-45-50(36)43-22-20-33(29-46(43)52(45)34-25-30-24-31(27-34)28-35(52)26-30)48-38-13-3-5-15-40(38)49(41-16-6-4-14-39(41)48)44-18-9-17-42-37-12-7-8-19-47(37)53-51(42)44/h1-23,29-31,34-35H,24-28H2. The van der Waals surface area contributed by atoms with Crippen LogP contribution in [0.2, 0.25) is 0 Å². The zero-order valence-corrected chi connectivity index (χ0v) is 29.6. The van der Waals surface area contributed by atoms with Gasteiger partial charge in [-0.05, 0) is 134 Å². The van der Waals surface area contributed by atoms with Crippen molar-refractivity contribution in [3.05, 3.63) is 157 Å². The van der Waals surface area contributed by atoms with E-state index in [4.69, 9.17) is 4.42 Å². The van der Waals surface area contributed by atoms with Crippen molar-refractivity contribution in [2.24, 2.45) is 23.7 Å². The normalized spacial score (nSPS) is 23.9. The smallest absolute Gasteiger partial charge is 0.143 e. The van der Waals surface area contributed by atoms with Crippen molar-refractivity contribution in [3.8, 4) is 33.4 Å². The molecular formula is C52H38O. The highest BCUT2D eigenvalue weighted by Crippen LogP contribution is 2.70. The van der Waals surface area contributed by atoms with E-state index in [0.717, 1.165) is 40.4 Å². The lowest BCUT2D eigenvalue weighted by Gasteiger charge is -2.61. The number of rotatable bonds is 2. The molecule has 0 radical (unpaired) electrons. The van der Waals surface area contributed by atoms with Gasteiger partial charge in [0.1, 0.15) is 11.2 Å². The van der Waals surface area contributed by atoms with Crippen molar-refractivity contribution >= 4 is 54.3 Å². The number of furan rings is 1. The third-order valence-electron chi connectivity index (χ3n) is 14.4. The number of para-hydroxylation sites is 2. The van der Waals surface area contributed by atoms with Gasteiger partial charge in [0.25, 0.3) is 0 Å². The first-order valence-corrected chi connectivity index (χ1v) is 19.8. The van der Waals surface area contributed by atoms with Gasteiger partial charge in [-0.25, -0.2) is 0 Å². The van der Waals surface area contributed by atoms with Gasteiger partial charge >= 0.3 is 0 Å². The van der Waals surface area contributed by atoms with E-state index in [1.165, 1.54) is 103 Å². The van der Waals surface area contributed by atoms with Crippen LogP contribution < -0.4 is 0 Å². The van der Waals surface area contributed by atoms with Gasteiger partial charge in [0.05, 0.1) is 0 Å². The molecule has 4 fully saturated rings. The molecule has 0 atom stereocenters. The molecule has 1 heterocycles. The van der Waals surface area contributed by atoms with Crippen molar-refractivity contribution in [2.75, 3.05) is 0 Å². The summed E-state index contributed by atoms with van der Waals surface area (Å²) in [7, 11) is 0. The van der Waals surface area contributed by atoms with E-state index < -0.39 is 0 Å². The zero-order valence-electron chi connectivity index (χ0n) is 29.6. The van der Waals surface area contributed by atoms with Crippen LogP contribution in [0.3, 0.4) is 0 Å². The fourth-order valence-electron chi connectivity index (χ4n) is 12.8. The molecule has 1 heteroatoms. The monoisotopic (exact) mass is 678 g/mol. The summed E-state index contributed by atoms with van der Waals surface area (Å²) in [5.41, 5.74) is 13.3. The molecule has 0 saturated heterocycles. The summed E-state index contributed by atoms with van der Waals surface area (Å²) in [4.78, 5) is 0. The van der Waals surface area contributed by atoms with Crippen LogP contribution in [0.4, 0.5) is 0 Å². The summed E-state index contributed by atoms with van der Waals surface area (Å²) < 4.78 is 6.67. The molecule has 5 aliphatic carbocycles. The van der Waals surface area contributed by atoms with E-state index in [2.05, 4.69) is 146 Å². The summed E-state index contributed by atoms with van der Waals surface area (Å²) in [6.07, 6.45) is 7.01. The second-order valence-electron chi connectivity index (χ2n) is 16.8. The molecule has 1 aromatic heterocycles. The first-order valence-electron chi connectivity index (χ1n) is 19.8. The highest BCUT2D eigenvalue weighted by Gasteiger charge is 2.61. The van der Waals surface area contributed by atoms with Crippen molar-refractivity contribution in [1.29, 1.82) is 0 Å². The minimum atomic E-state index is 0.0978. The zero-order chi connectivity index (χ0) is 34.4. The molecule has 1 spiro atoms. The largest absolute Gasteiger partial charge is 0.455 e. The Balaban J connectivity index is 1.11. The predicted molar refractivity (Wildman–Crippen MR) is 220 cm³/mol. The van der Waals surface area contributed by atoms with Gasteiger partial charge in [0, 0.05) is 27.3 Å². The molecule has 4 bridgehead atoms. The van der Waals surface area contributed by atoms with Crippen LogP contribution in [0, 0.1) is 23.7 Å². The van der Waals surface area contributed by atoms with E-state index in [1.54, 1.807) is 11.1 Å². The Morgan fingerprint density at radius 3 is 1.74 bits per heavy atom. The van der Waals surface area contributed by atoms with Gasteiger partial charge in [0.15, 0.2) is 0 Å². The molecule has 0 amide bonds. The van der Waals surface area contributed by atoms with Gasteiger partial charge in [-0.1, -0.05) is 133 Å². The van der Waals surface area contributed by atoms with Crippen LogP contribution in [0.15, 0.2) is 150 Å². The van der Waals surface area contributed by atoms with E-state index in [1.807, 2.05) is 0 Å². The average Bonchev–Trinajstić information content (AvgIpc) is 3.73. The Bertz CT molecular complexity index is 2940. The van der Waals surface area contributed by atoms with Crippen molar-refractivity contribution < 1.29 is 4.42 Å². The molecule has 9 aromatic rings. The molecule has 1 nitrogen and oxygen atoms in total. The van der Waals surface area contributed by atoms with Gasteiger partial charge in [-0.2, -0.15) is 0 Å². The van der Waals surface area contributed by atoms with Crippen LogP contribution in [0.1, 0.15) is 43.2 Å². The highest BCUT2D eigenvalue weighted by molar-refractivity contribution is 6.24. The first kappa shape index (κ1) is 28.9. The molecule has 252 valence electrons. The molecule has 4 saturated carbocycles. The summed E-state index contributed by atoms with van der Waals surface area (Å²) in [6.45, 7) is 0. The van der Waals surface area contributed by atoms with E-state index in [9.17, 15) is 0 Å². The van der Waals surface area contributed by atoms with Gasteiger partial charge in [-0.3, -0.25) is 0 Å². The minimum absolute atomic E-state index is 0.0978. The summed E-state index contributed by atoms with van der Waals surface area (Å²) in [5, 5.41) is 10.3. The lowest BCUT2D eigenvalue weighted by molar-refractivity contribution is -0.0399. The Morgan fingerprint density at radius 2 is 1.02 bits per heavy atom. The van der Waals surface area contributed by atoms with Crippen molar-refractivity contribution in [1.82, 2.24) is 0 Å². The van der Waals surface area contributed by atoms with Crippen molar-refractivity contribution in [2.45, 2.75) is 37.5 Å². The Kier molecular flexibility index (Phi) is 5.59. The van der Waals surface area contributed by atoms with Crippen LogP contribution >= 0.6 is 0 Å². The van der Waals surface area contributed by atoms with Crippen LogP contribution in [0.5, 0.6) is 0 Å². The molecule has 53 heavy (non-hydrogen) atoms. The van der Waals surface area contributed by atoms with Crippen LogP contribution in [-0.4, -0.2) is 0 Å². The Morgan fingerprint density at radius 1 is 0.415 bits per heavy atom. The van der Waals surface area contributed by atoms with Gasteiger partial charge in [-0.15, -0.1) is 0 Å². The number of hydrogen-bond donors (Lipinski definition) is 0. The quantitative estimate of drug-likeness (QED) is 0.166. The summed E-state index contributed by atoms with van der Waals surface area (Å²) in [5.74, 6) is 3.26. The van der Waals surface area contributed by atoms with Gasteiger partial charge < -0.3 is 4.42 Å². The fraction of sp³-hybridized carbons (Fsp3) is 0.192. The Labute approximate surface area is 308 Å². The lowest BCUT2D eigenvalue weighted by atomic mass is 9.43. The number of fused-ring (bicyclic) bond motifs is 10. The number of hydrogen-bond acceptors (Lipinski definition) is 1. The molecule has 0 unspecified atom stereocenters. The lowest BCUT2D eigenvalue weighted by Crippen LogP contribution is -2.55. The molecule has 8 aromatic carbocycles. The third kappa shape index (κ3) is 3.63. The third-order valence-corrected chi connectivity index (χ3v) is 14.4. The highest BCUT2D eigenvalue weighted by atomic mass is 16.3. The molecule has 0 aliphatic heterocycles. The summed E-state index contributed by atoms with van der Waals surface area (Å²) in [6, 6.07) is 55.1. The average molecular weight is 679 g/mol. The second kappa shape index (κ2) is 10.3. The first-order chi connectivity index (χ1) is 26.3. The molecule has 0 N–H and O–H groups in total. The van der Waals surface area contributed by atoms with Crippen LogP contribution in [0.25, 0.3) is 87.6 Å².